The standard InChI is InChI=1S/C9H11BrClNOS/c1-2-5-13-12-9(11)6-7-3-4-8(10)14-7/h3-4,6,12H,2,5H2,1H3. The van der Waals surface area contributed by atoms with Gasteiger partial charge in [-0.2, -0.15) is 0 Å². The fourth-order valence-electron chi connectivity index (χ4n) is 0.782. The molecule has 0 saturated carbocycles. The van der Waals surface area contributed by atoms with Crippen LogP contribution in [0.5, 0.6) is 0 Å². The van der Waals surface area contributed by atoms with Gasteiger partial charge in [-0.25, -0.2) is 0 Å². The molecule has 1 aromatic heterocycles. The van der Waals surface area contributed by atoms with E-state index in [0.717, 1.165) is 15.1 Å². The number of hydrogen-bond donors (Lipinski definition) is 1. The Balaban J connectivity index is 2.43. The van der Waals surface area contributed by atoms with Crippen molar-refractivity contribution in [2.24, 2.45) is 0 Å². The molecule has 0 aliphatic carbocycles. The molecule has 5 heteroatoms. The molecule has 1 heterocycles. The van der Waals surface area contributed by atoms with Crippen LogP contribution in [0, 0.1) is 0 Å². The number of hydroxylamine groups is 1. The Morgan fingerprint density at radius 1 is 1.71 bits per heavy atom. The van der Waals surface area contributed by atoms with Gasteiger partial charge < -0.3 is 0 Å². The molecule has 14 heavy (non-hydrogen) atoms. The average molecular weight is 297 g/mol. The van der Waals surface area contributed by atoms with Gasteiger partial charge in [-0.1, -0.05) is 18.5 Å². The number of nitrogens with one attached hydrogen (secondary N) is 1. The van der Waals surface area contributed by atoms with Crippen LogP contribution >= 0.6 is 38.9 Å². The van der Waals surface area contributed by atoms with Gasteiger partial charge in [0.05, 0.1) is 10.4 Å². The van der Waals surface area contributed by atoms with Gasteiger partial charge in [0.2, 0.25) is 0 Å². The Morgan fingerprint density at radius 2 is 2.50 bits per heavy atom. The van der Waals surface area contributed by atoms with Gasteiger partial charge in [0.15, 0.2) is 0 Å². The predicted octanol–water partition coefficient (Wildman–Crippen LogP) is 3.98. The third kappa shape index (κ3) is 4.46. The molecule has 0 amide bonds. The highest BCUT2D eigenvalue weighted by molar-refractivity contribution is 9.11. The van der Waals surface area contributed by atoms with Crippen LogP contribution in [0.15, 0.2) is 21.1 Å². The van der Waals surface area contributed by atoms with Crippen molar-refractivity contribution in [3.05, 3.63) is 26.0 Å². The molecule has 0 unspecified atom stereocenters. The van der Waals surface area contributed by atoms with E-state index < -0.39 is 0 Å². The van der Waals surface area contributed by atoms with E-state index in [1.807, 2.05) is 25.1 Å². The first-order valence-corrected chi connectivity index (χ1v) is 6.21. The van der Waals surface area contributed by atoms with E-state index in [9.17, 15) is 0 Å². The summed E-state index contributed by atoms with van der Waals surface area (Å²) in [7, 11) is 0. The van der Waals surface area contributed by atoms with E-state index in [0.29, 0.717) is 11.8 Å². The van der Waals surface area contributed by atoms with Crippen molar-refractivity contribution in [2.75, 3.05) is 6.61 Å². The fraction of sp³-hybridized carbons (Fsp3) is 0.333. The van der Waals surface area contributed by atoms with E-state index >= 15 is 0 Å². The Bertz CT molecular complexity index is 314. The summed E-state index contributed by atoms with van der Waals surface area (Å²) in [6.45, 7) is 2.69. The summed E-state index contributed by atoms with van der Waals surface area (Å²) in [6, 6.07) is 3.96. The molecule has 0 aliphatic heterocycles. The highest BCUT2D eigenvalue weighted by atomic mass is 79.9. The van der Waals surface area contributed by atoms with Crippen LogP contribution in [0.3, 0.4) is 0 Å². The molecule has 0 bridgehead atoms. The lowest BCUT2D eigenvalue weighted by atomic mass is 10.4. The van der Waals surface area contributed by atoms with Gasteiger partial charge in [0, 0.05) is 4.88 Å². The molecule has 0 radical (unpaired) electrons. The van der Waals surface area contributed by atoms with Gasteiger partial charge in [-0.05, 0) is 40.6 Å². The maximum Gasteiger partial charge on any atom is 0.127 e. The fourth-order valence-corrected chi connectivity index (χ4v) is 2.39. The molecule has 0 aliphatic rings. The van der Waals surface area contributed by atoms with Gasteiger partial charge >= 0.3 is 0 Å². The van der Waals surface area contributed by atoms with Crippen LogP contribution in [0.25, 0.3) is 6.08 Å². The SMILES string of the molecule is CCCONC(Cl)=Cc1ccc(Br)s1. The molecule has 0 spiro atoms. The van der Waals surface area contributed by atoms with Crippen LogP contribution < -0.4 is 5.48 Å². The summed E-state index contributed by atoms with van der Waals surface area (Å²) in [5.74, 6) is 0. The van der Waals surface area contributed by atoms with Crippen molar-refractivity contribution >= 4 is 44.9 Å². The van der Waals surface area contributed by atoms with E-state index in [4.69, 9.17) is 16.4 Å². The third-order valence-corrected chi connectivity index (χ3v) is 3.10. The summed E-state index contributed by atoms with van der Waals surface area (Å²) in [6.07, 6.45) is 2.79. The molecule has 0 atom stereocenters. The number of rotatable bonds is 5. The molecule has 0 saturated heterocycles. The second-order valence-corrected chi connectivity index (χ2v) is 5.49. The Labute approximate surface area is 101 Å². The minimum absolute atomic E-state index is 0.493. The average Bonchev–Trinajstić information content (AvgIpc) is 2.52. The maximum atomic E-state index is 5.88. The van der Waals surface area contributed by atoms with Crippen molar-refractivity contribution < 1.29 is 4.84 Å². The van der Waals surface area contributed by atoms with Gasteiger partial charge in [-0.15, -0.1) is 11.3 Å². The lowest BCUT2D eigenvalue weighted by Crippen LogP contribution is -2.10. The summed E-state index contributed by atoms with van der Waals surface area (Å²) < 4.78 is 1.09. The molecular formula is C9H11BrClNOS. The Kier molecular flexibility index (Phi) is 5.55. The number of thiophene rings is 1. The largest absolute Gasteiger partial charge is 0.275 e. The summed E-state index contributed by atoms with van der Waals surface area (Å²) in [5.41, 5.74) is 2.66. The van der Waals surface area contributed by atoms with Crippen molar-refractivity contribution in [2.45, 2.75) is 13.3 Å². The Hall–Kier alpha value is -0.0300. The lowest BCUT2D eigenvalue weighted by Gasteiger charge is -2.02. The first-order valence-electron chi connectivity index (χ1n) is 4.22. The first kappa shape index (κ1) is 12.0. The van der Waals surface area contributed by atoms with E-state index in [2.05, 4.69) is 21.4 Å². The molecule has 78 valence electrons. The zero-order valence-electron chi connectivity index (χ0n) is 7.72. The van der Waals surface area contributed by atoms with Crippen molar-refractivity contribution in [3.63, 3.8) is 0 Å². The minimum Gasteiger partial charge on any atom is -0.275 e. The molecule has 1 rings (SSSR count). The topological polar surface area (TPSA) is 21.3 Å². The van der Waals surface area contributed by atoms with Crippen LogP contribution in [-0.4, -0.2) is 6.61 Å². The van der Waals surface area contributed by atoms with Crippen molar-refractivity contribution in [1.82, 2.24) is 5.48 Å². The molecular weight excluding hydrogens is 286 g/mol. The van der Waals surface area contributed by atoms with Gasteiger partial charge in [-0.3, -0.25) is 10.3 Å². The zero-order chi connectivity index (χ0) is 10.4. The monoisotopic (exact) mass is 295 g/mol. The van der Waals surface area contributed by atoms with Crippen LogP contribution in [0.2, 0.25) is 0 Å². The quantitative estimate of drug-likeness (QED) is 0.504. The molecule has 2 nitrogen and oxygen atoms in total. The highest BCUT2D eigenvalue weighted by Gasteiger charge is 1.96. The Morgan fingerprint density at radius 3 is 3.07 bits per heavy atom. The van der Waals surface area contributed by atoms with E-state index in [1.165, 1.54) is 0 Å². The second kappa shape index (κ2) is 6.45. The number of halogens is 2. The van der Waals surface area contributed by atoms with Gasteiger partial charge in [0.25, 0.3) is 0 Å². The van der Waals surface area contributed by atoms with E-state index in [-0.39, 0.29) is 0 Å². The summed E-state index contributed by atoms with van der Waals surface area (Å²) in [4.78, 5) is 6.14. The number of hydrogen-bond acceptors (Lipinski definition) is 3. The van der Waals surface area contributed by atoms with Crippen LogP contribution in [-0.2, 0) is 4.84 Å². The predicted molar refractivity (Wildman–Crippen MR) is 65.2 cm³/mol. The summed E-state index contributed by atoms with van der Waals surface area (Å²) >= 11 is 10.9. The third-order valence-electron chi connectivity index (χ3n) is 1.34. The smallest absolute Gasteiger partial charge is 0.127 e. The van der Waals surface area contributed by atoms with Crippen LogP contribution in [0.4, 0.5) is 0 Å². The summed E-state index contributed by atoms with van der Waals surface area (Å²) in [5, 5.41) is 0.493. The molecule has 0 aromatic carbocycles. The molecule has 1 aromatic rings. The second-order valence-electron chi connectivity index (χ2n) is 2.58. The highest BCUT2D eigenvalue weighted by Crippen LogP contribution is 2.24. The van der Waals surface area contributed by atoms with E-state index in [1.54, 1.807) is 11.3 Å². The van der Waals surface area contributed by atoms with Crippen LogP contribution in [0.1, 0.15) is 18.2 Å². The normalized spacial score (nSPS) is 11.8. The first-order chi connectivity index (χ1) is 6.72. The minimum atomic E-state index is 0.493. The molecule has 0 fully saturated rings. The van der Waals surface area contributed by atoms with Crippen molar-refractivity contribution in [1.29, 1.82) is 0 Å². The van der Waals surface area contributed by atoms with Gasteiger partial charge in [0.1, 0.15) is 5.16 Å². The molecule has 1 N–H and O–H groups in total. The lowest BCUT2D eigenvalue weighted by molar-refractivity contribution is 0.0692. The van der Waals surface area contributed by atoms with Crippen molar-refractivity contribution in [3.8, 4) is 0 Å². The zero-order valence-corrected chi connectivity index (χ0v) is 10.9. The maximum absolute atomic E-state index is 5.88.